The van der Waals surface area contributed by atoms with E-state index in [2.05, 4.69) is 5.32 Å². The molecule has 9 nitrogen and oxygen atoms in total. The van der Waals surface area contributed by atoms with E-state index in [0.717, 1.165) is 16.7 Å². The molecule has 4 rings (SSSR count). The third-order valence-corrected chi connectivity index (χ3v) is 9.49. The van der Waals surface area contributed by atoms with E-state index in [1.165, 1.54) is 27.0 Å². The summed E-state index contributed by atoms with van der Waals surface area (Å²) in [6.07, 6.45) is 1.17. The van der Waals surface area contributed by atoms with Crippen LogP contribution in [0.15, 0.2) is 71.6 Å². The van der Waals surface area contributed by atoms with Crippen molar-refractivity contribution in [2.75, 3.05) is 42.2 Å². The van der Waals surface area contributed by atoms with Crippen LogP contribution in [-0.2, 0) is 31.3 Å². The summed E-state index contributed by atoms with van der Waals surface area (Å²) in [5.41, 5.74) is 4.22. The summed E-state index contributed by atoms with van der Waals surface area (Å²) in [4.78, 5) is 12.9. The van der Waals surface area contributed by atoms with E-state index in [0.29, 0.717) is 43.2 Å². The van der Waals surface area contributed by atoms with Gasteiger partial charge in [-0.2, -0.15) is 4.31 Å². The summed E-state index contributed by atoms with van der Waals surface area (Å²) in [6.45, 7) is 5.38. The molecule has 0 spiro atoms. The fourth-order valence-corrected chi connectivity index (χ4v) is 6.35. The number of carbonyl (C=O) groups excluding carboxylic acids is 1. The monoisotopic (exact) mass is 557 g/mol. The van der Waals surface area contributed by atoms with Gasteiger partial charge in [-0.15, -0.1) is 0 Å². The molecule has 0 aromatic heterocycles. The number of anilines is 2. The number of aryl methyl sites for hydroxylation is 2. The Bertz CT molecular complexity index is 1510. The normalized spacial score (nSPS) is 14.7. The average Bonchev–Trinajstić information content (AvgIpc) is 2.89. The molecule has 38 heavy (non-hydrogen) atoms. The molecule has 0 aliphatic carbocycles. The fraction of sp³-hybridized carbons (Fsp3) is 0.296. The summed E-state index contributed by atoms with van der Waals surface area (Å²) >= 11 is 0. The van der Waals surface area contributed by atoms with E-state index < -0.39 is 20.0 Å². The van der Waals surface area contributed by atoms with E-state index in [9.17, 15) is 21.6 Å². The van der Waals surface area contributed by atoms with Crippen LogP contribution in [-0.4, -0.2) is 59.6 Å². The first-order valence-corrected chi connectivity index (χ1v) is 15.4. The molecule has 1 aliphatic heterocycles. The zero-order valence-electron chi connectivity index (χ0n) is 21.5. The van der Waals surface area contributed by atoms with E-state index in [4.69, 9.17) is 4.74 Å². The zero-order chi connectivity index (χ0) is 27.5. The quantitative estimate of drug-likeness (QED) is 0.453. The van der Waals surface area contributed by atoms with E-state index in [-0.39, 0.29) is 17.3 Å². The van der Waals surface area contributed by atoms with Crippen LogP contribution >= 0.6 is 0 Å². The van der Waals surface area contributed by atoms with Gasteiger partial charge >= 0.3 is 0 Å². The molecule has 11 heteroatoms. The molecule has 0 saturated carbocycles. The topological polar surface area (TPSA) is 113 Å². The molecule has 1 N–H and O–H groups in total. The van der Waals surface area contributed by atoms with E-state index >= 15 is 0 Å². The summed E-state index contributed by atoms with van der Waals surface area (Å²) in [7, 11) is -7.15. The lowest BCUT2D eigenvalue weighted by molar-refractivity contribution is 0.0730. The number of morpholine rings is 1. The van der Waals surface area contributed by atoms with Crippen molar-refractivity contribution in [2.24, 2.45) is 0 Å². The minimum absolute atomic E-state index is 0.127. The van der Waals surface area contributed by atoms with Crippen LogP contribution in [0, 0.1) is 13.8 Å². The van der Waals surface area contributed by atoms with Crippen LogP contribution in [0.25, 0.3) is 0 Å². The molecular formula is C27H31N3O6S2. The molecule has 0 radical (unpaired) electrons. The summed E-state index contributed by atoms with van der Waals surface area (Å²) < 4.78 is 58.5. The molecule has 1 heterocycles. The maximum atomic E-state index is 12.8. The number of rotatable bonds is 8. The van der Waals surface area contributed by atoms with Crippen molar-refractivity contribution < 1.29 is 26.4 Å². The van der Waals surface area contributed by atoms with Gasteiger partial charge in [-0.05, 0) is 79.1 Å². The number of ether oxygens (including phenoxy) is 1. The Labute approximate surface area is 224 Å². The lowest BCUT2D eigenvalue weighted by Crippen LogP contribution is -2.40. The average molecular weight is 558 g/mol. The molecule has 1 saturated heterocycles. The minimum Gasteiger partial charge on any atom is -0.379 e. The lowest BCUT2D eigenvalue weighted by Gasteiger charge is -2.26. The molecule has 1 amide bonds. The van der Waals surface area contributed by atoms with Crippen molar-refractivity contribution in [3.8, 4) is 0 Å². The highest BCUT2D eigenvalue weighted by Crippen LogP contribution is 2.24. The Morgan fingerprint density at radius 2 is 1.53 bits per heavy atom. The molecule has 1 fully saturated rings. The van der Waals surface area contributed by atoms with Crippen molar-refractivity contribution in [1.82, 2.24) is 4.31 Å². The Morgan fingerprint density at radius 1 is 0.895 bits per heavy atom. The Hall–Kier alpha value is -3.25. The van der Waals surface area contributed by atoms with Crippen LogP contribution in [0.4, 0.5) is 11.4 Å². The van der Waals surface area contributed by atoms with Crippen LogP contribution in [0.1, 0.15) is 27.0 Å². The van der Waals surface area contributed by atoms with Crippen molar-refractivity contribution >= 4 is 37.3 Å². The number of hydrogen-bond acceptors (Lipinski definition) is 6. The molecular weight excluding hydrogens is 526 g/mol. The van der Waals surface area contributed by atoms with Gasteiger partial charge < -0.3 is 10.1 Å². The Balaban J connectivity index is 1.43. The van der Waals surface area contributed by atoms with Crippen molar-refractivity contribution in [1.29, 1.82) is 0 Å². The third kappa shape index (κ3) is 6.41. The number of sulfonamides is 2. The molecule has 3 aromatic carbocycles. The van der Waals surface area contributed by atoms with Crippen molar-refractivity contribution in [3.63, 3.8) is 0 Å². The van der Waals surface area contributed by atoms with Crippen LogP contribution in [0.5, 0.6) is 0 Å². The molecule has 202 valence electrons. The molecule has 0 atom stereocenters. The maximum Gasteiger partial charge on any atom is 0.255 e. The number of carbonyl (C=O) groups is 1. The second-order valence-electron chi connectivity index (χ2n) is 9.23. The first-order chi connectivity index (χ1) is 17.9. The van der Waals surface area contributed by atoms with Gasteiger partial charge in [-0.25, -0.2) is 16.8 Å². The first kappa shape index (κ1) is 27.8. The fourth-order valence-electron chi connectivity index (χ4n) is 4.06. The SMILES string of the molecule is Cc1ccc(N(Cc2ccc(C(=O)Nc3ccc(S(=O)(=O)N4CCOCC4)cc3)cc2)S(C)(=O)=O)cc1C. The molecule has 0 unspecified atom stereocenters. The molecule has 0 bridgehead atoms. The smallest absolute Gasteiger partial charge is 0.255 e. The van der Waals surface area contributed by atoms with Gasteiger partial charge in [0.25, 0.3) is 5.91 Å². The molecule has 3 aromatic rings. The van der Waals surface area contributed by atoms with Crippen molar-refractivity contribution in [3.05, 3.63) is 89.0 Å². The second-order valence-corrected chi connectivity index (χ2v) is 13.1. The summed E-state index contributed by atoms with van der Waals surface area (Å²) in [5, 5.41) is 2.76. The standard InChI is InChI=1S/C27H31N3O6S2/c1-20-4-11-25(18-21(20)2)30(37(3,32)33)19-22-5-7-23(8-6-22)27(31)28-24-9-12-26(13-10-24)38(34,35)29-14-16-36-17-15-29/h4-13,18H,14-17,19H2,1-3H3,(H,28,31). The Morgan fingerprint density at radius 3 is 2.11 bits per heavy atom. The number of hydrogen-bond donors (Lipinski definition) is 1. The predicted molar refractivity (Wildman–Crippen MR) is 147 cm³/mol. The number of amides is 1. The van der Waals surface area contributed by atoms with Gasteiger partial charge in [0.1, 0.15) is 0 Å². The van der Waals surface area contributed by atoms with E-state index in [1.807, 2.05) is 26.0 Å². The highest BCUT2D eigenvalue weighted by molar-refractivity contribution is 7.92. The van der Waals surface area contributed by atoms with E-state index in [1.54, 1.807) is 42.5 Å². The largest absolute Gasteiger partial charge is 0.379 e. The third-order valence-electron chi connectivity index (χ3n) is 6.44. The lowest BCUT2D eigenvalue weighted by atomic mass is 10.1. The summed E-state index contributed by atoms with van der Waals surface area (Å²) in [6, 6.07) is 18.2. The first-order valence-electron chi connectivity index (χ1n) is 12.1. The van der Waals surface area contributed by atoms with Crippen LogP contribution < -0.4 is 9.62 Å². The predicted octanol–water partition coefficient (Wildman–Crippen LogP) is 3.54. The highest BCUT2D eigenvalue weighted by Gasteiger charge is 2.26. The van der Waals surface area contributed by atoms with Gasteiger partial charge in [0, 0.05) is 24.3 Å². The van der Waals surface area contributed by atoms with Gasteiger partial charge in [0.15, 0.2) is 0 Å². The van der Waals surface area contributed by atoms with Crippen LogP contribution in [0.2, 0.25) is 0 Å². The number of nitrogens with zero attached hydrogens (tertiary/aromatic N) is 2. The molecule has 1 aliphatic rings. The minimum atomic E-state index is -3.62. The van der Waals surface area contributed by atoms with Gasteiger partial charge in [0.05, 0.1) is 36.6 Å². The maximum absolute atomic E-state index is 12.8. The van der Waals surface area contributed by atoms with Gasteiger partial charge in [-0.1, -0.05) is 18.2 Å². The Kier molecular flexibility index (Phi) is 8.22. The van der Waals surface area contributed by atoms with Crippen molar-refractivity contribution in [2.45, 2.75) is 25.3 Å². The second kappa shape index (κ2) is 11.2. The summed E-state index contributed by atoms with van der Waals surface area (Å²) in [5.74, 6) is -0.366. The van der Waals surface area contributed by atoms with Crippen LogP contribution in [0.3, 0.4) is 0 Å². The zero-order valence-corrected chi connectivity index (χ0v) is 23.2. The number of nitrogens with one attached hydrogen (secondary N) is 1. The van der Waals surface area contributed by atoms with Gasteiger partial charge in [0.2, 0.25) is 20.0 Å². The highest BCUT2D eigenvalue weighted by atomic mass is 32.2. The van der Waals surface area contributed by atoms with Gasteiger partial charge in [-0.3, -0.25) is 9.10 Å². The number of benzene rings is 3.